The van der Waals surface area contributed by atoms with Crippen LogP contribution in [-0.4, -0.2) is 53.6 Å². The predicted molar refractivity (Wildman–Crippen MR) is 148 cm³/mol. The summed E-state index contributed by atoms with van der Waals surface area (Å²) in [5, 5.41) is 22.6. The second-order valence-electron chi connectivity index (χ2n) is 14.6. The molecule has 3 unspecified atom stereocenters. The topological polar surface area (TPSA) is 70.0 Å². The number of carbonyl (C=O) groups excluding carboxylic acids is 1. The summed E-state index contributed by atoms with van der Waals surface area (Å²) in [5.74, 6) is 3.02. The molecule has 0 aromatic rings. The third-order valence-corrected chi connectivity index (χ3v) is 13.0. The maximum absolute atomic E-state index is 11.7. The number of amides is 1. The summed E-state index contributed by atoms with van der Waals surface area (Å²) >= 11 is 0. The minimum Gasteiger partial charge on any atom is -0.449 e. The second kappa shape index (κ2) is 9.44. The van der Waals surface area contributed by atoms with Crippen LogP contribution in [0.4, 0.5) is 4.79 Å². The number of hydrogen-bond acceptors (Lipinski definition) is 4. The molecule has 0 aromatic heterocycles. The number of aliphatic hydroxyl groups is 2. The van der Waals surface area contributed by atoms with E-state index < -0.39 is 5.60 Å². The maximum atomic E-state index is 11.7. The van der Waals surface area contributed by atoms with Crippen LogP contribution in [-0.2, 0) is 4.74 Å². The van der Waals surface area contributed by atoms with Gasteiger partial charge in [0.2, 0.25) is 0 Å². The van der Waals surface area contributed by atoms with Crippen molar-refractivity contribution in [2.75, 3.05) is 20.7 Å². The number of rotatable bonds is 5. The van der Waals surface area contributed by atoms with E-state index in [1.165, 1.54) is 37.0 Å². The highest BCUT2D eigenvalue weighted by Crippen LogP contribution is 2.89. The molecule has 10 atom stereocenters. The molecule has 1 amide bonds. The molecular weight excluding hydrogens is 462 g/mol. The summed E-state index contributed by atoms with van der Waals surface area (Å²) in [6, 6.07) is 0. The summed E-state index contributed by atoms with van der Waals surface area (Å²) in [5.41, 5.74) is 0.444. The fourth-order valence-electron chi connectivity index (χ4n) is 11.5. The Hall–Kier alpha value is -1.25. The van der Waals surface area contributed by atoms with E-state index in [2.05, 4.69) is 47.5 Å². The molecule has 37 heavy (non-hydrogen) atoms. The fourth-order valence-corrected chi connectivity index (χ4v) is 11.5. The summed E-state index contributed by atoms with van der Waals surface area (Å²) in [4.78, 5) is 13.2. The molecule has 0 heterocycles. The van der Waals surface area contributed by atoms with Crippen LogP contribution < -0.4 is 0 Å². The zero-order chi connectivity index (χ0) is 27.6. The van der Waals surface area contributed by atoms with Gasteiger partial charge < -0.3 is 19.8 Å². The Balaban J connectivity index is 0.00000156. The van der Waals surface area contributed by atoms with Crippen LogP contribution in [0.3, 0.4) is 0 Å². The molecule has 5 aliphatic rings. The lowest BCUT2D eigenvalue weighted by Crippen LogP contribution is -2.54. The van der Waals surface area contributed by atoms with E-state index in [1.807, 2.05) is 0 Å². The standard InChI is InChI=1S/C30H51NO4.C2H2/c1-19-29-16-15-27(4)21(18-28(5,34)23(27)10-8-9-17-35-25(33)31(6)7)20(29)11-12-22-26(2,3)24(32)13-14-30(19,22)29;1-2/h19-24,32,34H,8-18H2,1-7H3;1-2H/t19-,20-,21?,22?,23+,24-,27-,28+,29-,30?;/m0./s1. The van der Waals surface area contributed by atoms with E-state index in [-0.39, 0.29) is 23.0 Å². The molecule has 0 aromatic carbocycles. The van der Waals surface area contributed by atoms with Gasteiger partial charge in [0, 0.05) is 14.1 Å². The van der Waals surface area contributed by atoms with Crippen LogP contribution in [0.2, 0.25) is 0 Å². The van der Waals surface area contributed by atoms with Gasteiger partial charge in [0.25, 0.3) is 0 Å². The molecule has 5 rings (SSSR count). The number of nitrogens with zero attached hydrogens (tertiary/aromatic N) is 1. The summed E-state index contributed by atoms with van der Waals surface area (Å²) in [7, 11) is 3.42. The Labute approximate surface area is 226 Å². The van der Waals surface area contributed by atoms with E-state index >= 15 is 0 Å². The van der Waals surface area contributed by atoms with Crippen molar-refractivity contribution in [2.45, 2.75) is 111 Å². The van der Waals surface area contributed by atoms with E-state index in [0.717, 1.165) is 43.9 Å². The van der Waals surface area contributed by atoms with Crippen LogP contribution >= 0.6 is 0 Å². The van der Waals surface area contributed by atoms with Gasteiger partial charge in [0.15, 0.2) is 0 Å². The summed E-state index contributed by atoms with van der Waals surface area (Å²) in [6.45, 7) is 12.3. The molecule has 5 fully saturated rings. The molecule has 0 radical (unpaired) electrons. The normalized spacial score (nSPS) is 48.7. The van der Waals surface area contributed by atoms with Crippen molar-refractivity contribution >= 4 is 6.09 Å². The highest BCUT2D eigenvalue weighted by Gasteiger charge is 2.84. The first-order valence-electron chi connectivity index (χ1n) is 14.8. The van der Waals surface area contributed by atoms with Gasteiger partial charge in [0.05, 0.1) is 18.3 Å². The first-order valence-corrected chi connectivity index (χ1v) is 14.8. The van der Waals surface area contributed by atoms with Crippen molar-refractivity contribution in [1.82, 2.24) is 4.90 Å². The molecular formula is C32H53NO4. The minimum atomic E-state index is -0.616. The van der Waals surface area contributed by atoms with Gasteiger partial charge in [-0.05, 0) is 122 Å². The molecule has 0 saturated heterocycles. The van der Waals surface area contributed by atoms with Gasteiger partial charge in [-0.2, -0.15) is 0 Å². The highest BCUT2D eigenvalue weighted by molar-refractivity contribution is 5.66. The lowest BCUT2D eigenvalue weighted by Gasteiger charge is -2.59. The van der Waals surface area contributed by atoms with Gasteiger partial charge in [-0.3, -0.25) is 0 Å². The number of fused-ring (bicyclic) bond motifs is 2. The van der Waals surface area contributed by atoms with Crippen molar-refractivity contribution in [2.24, 2.45) is 51.2 Å². The number of carbonyl (C=O) groups is 1. The number of ether oxygens (including phenoxy) is 1. The number of hydrogen-bond donors (Lipinski definition) is 2. The third-order valence-electron chi connectivity index (χ3n) is 13.0. The molecule has 210 valence electrons. The smallest absolute Gasteiger partial charge is 0.409 e. The quantitative estimate of drug-likeness (QED) is 0.342. The molecule has 5 heteroatoms. The maximum Gasteiger partial charge on any atom is 0.409 e. The Morgan fingerprint density at radius 1 is 0.973 bits per heavy atom. The Kier molecular flexibility index (Phi) is 7.34. The lowest BCUT2D eigenvalue weighted by atomic mass is 9.46. The number of unbranched alkanes of at least 4 members (excludes halogenated alkanes) is 1. The zero-order valence-corrected chi connectivity index (χ0v) is 24.6. The van der Waals surface area contributed by atoms with E-state index in [9.17, 15) is 15.0 Å². The Morgan fingerprint density at radius 2 is 1.65 bits per heavy atom. The molecule has 5 aliphatic carbocycles. The number of terminal acetylenes is 1. The zero-order valence-electron chi connectivity index (χ0n) is 24.6. The van der Waals surface area contributed by atoms with Gasteiger partial charge in [-0.25, -0.2) is 4.79 Å². The average molecular weight is 516 g/mol. The monoisotopic (exact) mass is 515 g/mol. The average Bonchev–Trinajstić information content (AvgIpc) is 3.29. The van der Waals surface area contributed by atoms with Gasteiger partial charge in [-0.15, -0.1) is 12.8 Å². The van der Waals surface area contributed by atoms with Crippen molar-refractivity contribution in [3.8, 4) is 12.8 Å². The van der Waals surface area contributed by atoms with E-state index in [0.29, 0.717) is 35.2 Å². The lowest BCUT2D eigenvalue weighted by molar-refractivity contribution is -0.132. The summed E-state index contributed by atoms with van der Waals surface area (Å²) in [6.07, 6.45) is 18.6. The summed E-state index contributed by atoms with van der Waals surface area (Å²) < 4.78 is 5.33. The molecule has 2 N–H and O–H groups in total. The second-order valence-corrected chi connectivity index (χ2v) is 14.6. The van der Waals surface area contributed by atoms with Crippen LogP contribution in [0.15, 0.2) is 0 Å². The molecule has 5 nitrogen and oxygen atoms in total. The molecule has 5 saturated carbocycles. The van der Waals surface area contributed by atoms with E-state index in [4.69, 9.17) is 4.74 Å². The number of aliphatic hydroxyl groups excluding tert-OH is 1. The Bertz CT molecular complexity index is 894. The van der Waals surface area contributed by atoms with Crippen molar-refractivity contribution < 1.29 is 19.7 Å². The minimum absolute atomic E-state index is 0.0153. The first-order chi connectivity index (χ1) is 17.3. The predicted octanol–water partition coefficient (Wildman–Crippen LogP) is 6.12. The van der Waals surface area contributed by atoms with Crippen LogP contribution in [0, 0.1) is 64.1 Å². The van der Waals surface area contributed by atoms with Crippen molar-refractivity contribution in [3.63, 3.8) is 0 Å². The largest absolute Gasteiger partial charge is 0.449 e. The van der Waals surface area contributed by atoms with Gasteiger partial charge >= 0.3 is 6.09 Å². The van der Waals surface area contributed by atoms with Gasteiger partial charge in [0.1, 0.15) is 0 Å². The highest BCUT2D eigenvalue weighted by atomic mass is 16.6. The first kappa shape index (κ1) is 28.8. The Morgan fingerprint density at radius 3 is 2.30 bits per heavy atom. The van der Waals surface area contributed by atoms with Crippen LogP contribution in [0.1, 0.15) is 98.8 Å². The van der Waals surface area contributed by atoms with E-state index in [1.54, 1.807) is 14.1 Å². The third kappa shape index (κ3) is 3.82. The fraction of sp³-hybridized carbons (Fsp3) is 0.906. The van der Waals surface area contributed by atoms with Gasteiger partial charge in [-0.1, -0.05) is 27.7 Å². The molecule has 0 aliphatic heterocycles. The molecule has 2 spiro atoms. The van der Waals surface area contributed by atoms with Crippen LogP contribution in [0.25, 0.3) is 0 Å². The van der Waals surface area contributed by atoms with Crippen LogP contribution in [0.5, 0.6) is 0 Å². The van der Waals surface area contributed by atoms with Crippen molar-refractivity contribution in [3.05, 3.63) is 0 Å². The SMILES string of the molecule is C#C.C[C@@H]1C23CC[C@H](O)C(C)(C)C2CC[C@H]2C4C[C@@](C)(O)[C@H](CCCCOC(=O)N(C)C)[C@@]4(C)CC[C@]123. The molecule has 0 bridgehead atoms. The van der Waals surface area contributed by atoms with Crippen molar-refractivity contribution in [1.29, 1.82) is 0 Å².